The van der Waals surface area contributed by atoms with Crippen molar-refractivity contribution >= 4 is 23.5 Å². The Hall–Kier alpha value is -3.22. The van der Waals surface area contributed by atoms with Crippen molar-refractivity contribution in [1.82, 2.24) is 0 Å². The first-order valence-electron chi connectivity index (χ1n) is 7.76. The summed E-state index contributed by atoms with van der Waals surface area (Å²) < 4.78 is 0. The highest BCUT2D eigenvalue weighted by Gasteiger charge is 2.19. The standard InChI is InChI=1S/C18H19N3O4/c1-14(2)20(16-9-4-3-5-10-16)18(22)13-25-19-12-15-8-6-7-11-17(15)21(23)24/h3-12,14H,13H2,1-2H3/b19-12+. The number of amides is 1. The van der Waals surface area contributed by atoms with Gasteiger partial charge in [0.05, 0.1) is 16.7 Å². The highest BCUT2D eigenvalue weighted by atomic mass is 16.6. The van der Waals surface area contributed by atoms with E-state index in [9.17, 15) is 14.9 Å². The van der Waals surface area contributed by atoms with Crippen LogP contribution in [0.2, 0.25) is 0 Å². The van der Waals surface area contributed by atoms with Crippen molar-refractivity contribution in [3.05, 3.63) is 70.3 Å². The van der Waals surface area contributed by atoms with Crippen LogP contribution in [-0.2, 0) is 9.63 Å². The number of benzene rings is 2. The maximum atomic E-state index is 12.4. The summed E-state index contributed by atoms with van der Waals surface area (Å²) in [7, 11) is 0. The Bertz CT molecular complexity index is 760. The lowest BCUT2D eigenvalue weighted by Crippen LogP contribution is -2.39. The maximum Gasteiger partial charge on any atom is 0.278 e. The number of carbonyl (C=O) groups excluding carboxylic acids is 1. The fraction of sp³-hybridized carbons (Fsp3) is 0.222. The first kappa shape index (κ1) is 18.1. The number of nitrogens with zero attached hydrogens (tertiary/aromatic N) is 3. The van der Waals surface area contributed by atoms with Crippen molar-refractivity contribution < 1.29 is 14.6 Å². The monoisotopic (exact) mass is 341 g/mol. The van der Waals surface area contributed by atoms with Gasteiger partial charge in [0.2, 0.25) is 0 Å². The minimum Gasteiger partial charge on any atom is -0.386 e. The predicted molar refractivity (Wildman–Crippen MR) is 95.7 cm³/mol. The molecule has 25 heavy (non-hydrogen) atoms. The van der Waals surface area contributed by atoms with Crippen LogP contribution in [0.5, 0.6) is 0 Å². The number of anilines is 1. The minimum atomic E-state index is -0.498. The molecular weight excluding hydrogens is 322 g/mol. The molecule has 2 aromatic carbocycles. The molecule has 0 spiro atoms. The third-order valence-electron chi connectivity index (χ3n) is 3.41. The van der Waals surface area contributed by atoms with Gasteiger partial charge < -0.3 is 9.74 Å². The smallest absolute Gasteiger partial charge is 0.278 e. The molecule has 0 saturated carbocycles. The quantitative estimate of drug-likeness (QED) is 0.439. The van der Waals surface area contributed by atoms with Crippen molar-refractivity contribution in [2.75, 3.05) is 11.5 Å². The maximum absolute atomic E-state index is 12.4. The normalized spacial score (nSPS) is 10.8. The largest absolute Gasteiger partial charge is 0.386 e. The summed E-state index contributed by atoms with van der Waals surface area (Å²) in [6.45, 7) is 3.55. The van der Waals surface area contributed by atoms with Gasteiger partial charge in [0, 0.05) is 17.8 Å². The Morgan fingerprint density at radius 2 is 1.84 bits per heavy atom. The fourth-order valence-corrected chi connectivity index (χ4v) is 2.34. The fourth-order valence-electron chi connectivity index (χ4n) is 2.34. The van der Waals surface area contributed by atoms with E-state index in [1.807, 2.05) is 44.2 Å². The average Bonchev–Trinajstić information content (AvgIpc) is 2.59. The lowest BCUT2D eigenvalue weighted by molar-refractivity contribution is -0.385. The Morgan fingerprint density at radius 1 is 1.20 bits per heavy atom. The van der Waals surface area contributed by atoms with Crippen molar-refractivity contribution in [3.8, 4) is 0 Å². The molecule has 0 radical (unpaired) electrons. The molecular formula is C18H19N3O4. The van der Waals surface area contributed by atoms with E-state index in [2.05, 4.69) is 5.16 Å². The van der Waals surface area contributed by atoms with Crippen LogP contribution < -0.4 is 4.90 Å². The van der Waals surface area contributed by atoms with Gasteiger partial charge in [-0.25, -0.2) is 0 Å². The second-order valence-electron chi connectivity index (χ2n) is 5.52. The first-order chi connectivity index (χ1) is 12.0. The number of nitro benzene ring substituents is 1. The molecule has 0 aliphatic carbocycles. The van der Waals surface area contributed by atoms with Crippen LogP contribution in [-0.4, -0.2) is 29.7 Å². The highest BCUT2D eigenvalue weighted by Crippen LogP contribution is 2.17. The second kappa shape index (κ2) is 8.58. The van der Waals surface area contributed by atoms with Crippen LogP contribution in [0.1, 0.15) is 19.4 Å². The number of carbonyl (C=O) groups is 1. The Labute approximate surface area is 145 Å². The molecule has 2 aromatic rings. The zero-order valence-corrected chi connectivity index (χ0v) is 14.0. The molecule has 1 amide bonds. The highest BCUT2D eigenvalue weighted by molar-refractivity contribution is 5.94. The van der Waals surface area contributed by atoms with Crippen molar-refractivity contribution in [1.29, 1.82) is 0 Å². The summed E-state index contributed by atoms with van der Waals surface area (Å²) in [6.07, 6.45) is 1.23. The number of oxime groups is 1. The molecule has 7 heteroatoms. The molecule has 2 rings (SSSR count). The van der Waals surface area contributed by atoms with Crippen LogP contribution in [0.15, 0.2) is 59.8 Å². The Balaban J connectivity index is 2.01. The topological polar surface area (TPSA) is 85.0 Å². The van der Waals surface area contributed by atoms with Gasteiger partial charge in [-0.2, -0.15) is 0 Å². The van der Waals surface area contributed by atoms with Crippen LogP contribution in [0, 0.1) is 10.1 Å². The molecule has 7 nitrogen and oxygen atoms in total. The molecule has 0 N–H and O–H groups in total. The average molecular weight is 341 g/mol. The van der Waals surface area contributed by atoms with Crippen LogP contribution >= 0.6 is 0 Å². The van der Waals surface area contributed by atoms with Gasteiger partial charge in [-0.3, -0.25) is 14.9 Å². The summed E-state index contributed by atoms with van der Waals surface area (Å²) >= 11 is 0. The summed E-state index contributed by atoms with van der Waals surface area (Å²) in [6, 6.07) is 15.4. The number of hydrogen-bond acceptors (Lipinski definition) is 5. The van der Waals surface area contributed by atoms with E-state index in [0.717, 1.165) is 5.69 Å². The van der Waals surface area contributed by atoms with Crippen molar-refractivity contribution in [2.24, 2.45) is 5.16 Å². The lowest BCUT2D eigenvalue weighted by atomic mass is 10.2. The van der Waals surface area contributed by atoms with E-state index < -0.39 is 4.92 Å². The molecule has 0 aromatic heterocycles. The summed E-state index contributed by atoms with van der Waals surface area (Å²) in [4.78, 5) is 29.5. The molecule has 0 fully saturated rings. The number of nitro groups is 1. The lowest BCUT2D eigenvalue weighted by Gasteiger charge is -2.26. The third kappa shape index (κ3) is 4.87. The third-order valence-corrected chi connectivity index (χ3v) is 3.41. The Kier molecular flexibility index (Phi) is 6.22. The molecule has 0 unspecified atom stereocenters. The van der Waals surface area contributed by atoms with Crippen LogP contribution in [0.4, 0.5) is 11.4 Å². The molecule has 0 bridgehead atoms. The SMILES string of the molecule is CC(C)N(C(=O)CO/N=C/c1ccccc1[N+](=O)[O-])c1ccccc1. The van der Waals surface area contributed by atoms with Crippen molar-refractivity contribution in [2.45, 2.75) is 19.9 Å². The van der Waals surface area contributed by atoms with Gasteiger partial charge in [-0.15, -0.1) is 0 Å². The van der Waals surface area contributed by atoms with Crippen molar-refractivity contribution in [3.63, 3.8) is 0 Å². The number of para-hydroxylation sites is 2. The summed E-state index contributed by atoms with van der Waals surface area (Å²) in [5.41, 5.74) is 1.01. The number of hydrogen-bond donors (Lipinski definition) is 0. The predicted octanol–water partition coefficient (Wildman–Crippen LogP) is 3.39. The summed E-state index contributed by atoms with van der Waals surface area (Å²) in [5.74, 6) is -0.249. The van der Waals surface area contributed by atoms with Gasteiger partial charge in [0.15, 0.2) is 6.61 Å². The van der Waals surface area contributed by atoms with Crippen LogP contribution in [0.3, 0.4) is 0 Å². The van der Waals surface area contributed by atoms with E-state index in [-0.39, 0.29) is 24.2 Å². The van der Waals surface area contributed by atoms with Gasteiger partial charge in [-0.05, 0) is 32.0 Å². The minimum absolute atomic E-state index is 0.0438. The van der Waals surface area contributed by atoms with Gasteiger partial charge in [-0.1, -0.05) is 35.5 Å². The molecule has 130 valence electrons. The van der Waals surface area contributed by atoms with E-state index >= 15 is 0 Å². The zero-order valence-electron chi connectivity index (χ0n) is 14.0. The zero-order chi connectivity index (χ0) is 18.2. The van der Waals surface area contributed by atoms with E-state index in [1.165, 1.54) is 12.3 Å². The summed E-state index contributed by atoms with van der Waals surface area (Å²) in [5, 5.41) is 14.6. The van der Waals surface area contributed by atoms with E-state index in [4.69, 9.17) is 4.84 Å². The Morgan fingerprint density at radius 3 is 2.48 bits per heavy atom. The molecule has 0 aliphatic rings. The van der Waals surface area contributed by atoms with Crippen LogP contribution in [0.25, 0.3) is 0 Å². The van der Waals surface area contributed by atoms with Gasteiger partial charge in [0.1, 0.15) is 0 Å². The molecule has 0 aliphatic heterocycles. The first-order valence-corrected chi connectivity index (χ1v) is 7.76. The van der Waals surface area contributed by atoms with Gasteiger partial charge >= 0.3 is 0 Å². The molecule has 0 atom stereocenters. The second-order valence-corrected chi connectivity index (χ2v) is 5.52. The van der Waals surface area contributed by atoms with Gasteiger partial charge in [0.25, 0.3) is 11.6 Å². The number of rotatable bonds is 7. The molecule has 0 saturated heterocycles. The molecule has 0 heterocycles. The van der Waals surface area contributed by atoms with E-state index in [1.54, 1.807) is 23.1 Å². The van der Waals surface area contributed by atoms with E-state index in [0.29, 0.717) is 5.56 Å².